The molecule has 2 saturated heterocycles. The summed E-state index contributed by atoms with van der Waals surface area (Å²) < 4.78 is 111. The van der Waals surface area contributed by atoms with Crippen molar-refractivity contribution in [3.05, 3.63) is 82.9 Å². The van der Waals surface area contributed by atoms with Crippen LogP contribution in [0.5, 0.6) is 23.0 Å². The van der Waals surface area contributed by atoms with Crippen LogP contribution < -0.4 is 29.6 Å². The topological polar surface area (TPSA) is 207 Å². The smallest absolute Gasteiger partial charge is 0.490 e. The molecule has 2 aliphatic heterocycles. The highest BCUT2D eigenvalue weighted by Crippen LogP contribution is 2.36. The Hall–Kier alpha value is -6.57. The molecule has 3 aromatic carbocycles. The summed E-state index contributed by atoms with van der Waals surface area (Å²) in [4.78, 5) is 70.5. The van der Waals surface area contributed by atoms with E-state index >= 15 is 0 Å². The van der Waals surface area contributed by atoms with Crippen molar-refractivity contribution < 1.29 is 88.6 Å². The first kappa shape index (κ1) is 75.2. The summed E-state index contributed by atoms with van der Waals surface area (Å²) in [5.41, 5.74) is -0.264. The van der Waals surface area contributed by atoms with Crippen LogP contribution >= 0.6 is 0 Å². The van der Waals surface area contributed by atoms with Crippen LogP contribution in [0.4, 0.5) is 31.1 Å². The second kappa shape index (κ2) is 35.5. The van der Waals surface area contributed by atoms with Crippen LogP contribution in [0.2, 0.25) is 0 Å². The van der Waals surface area contributed by atoms with Gasteiger partial charge in [0.25, 0.3) is 11.8 Å². The molecule has 3 aromatic rings. The van der Waals surface area contributed by atoms with Crippen molar-refractivity contribution in [1.82, 2.24) is 30.2 Å². The molecule has 2 aliphatic carbocycles. The Kier molecular flexibility index (Phi) is 29.3. The Morgan fingerprint density at radius 2 is 1.18 bits per heavy atom. The molecular weight excluding hydrogens is 1200 g/mol. The number of ether oxygens (including phenoxy) is 7. The van der Waals surface area contributed by atoms with E-state index in [0.29, 0.717) is 99.1 Å². The SMILES string of the molecule is COCCCOc1cc(C(=O)N(C(C)C)[C@@H]2CC[C@H](CCN(C(=O)Cc3ccccc3C(F)(F)F)C3CC3)NC2)ccc1OC.COCCCOc1cc(C(=O)N(C(C)C)[C@@H]2CC[C@H](CCNC3CC3)N(C(=O)OC(C)(C)C)C2)ccc1OC.O=C(O)C(F)(F)F. The molecule has 4 atom stereocenters. The summed E-state index contributed by atoms with van der Waals surface area (Å²) in [6, 6.07) is 16.6. The molecule has 2 saturated carbocycles. The molecule has 510 valence electrons. The monoisotopic (exact) mass is 1290 g/mol. The number of carbonyl (C=O) groups is 5. The maximum absolute atomic E-state index is 13.9. The molecule has 3 N–H and O–H groups in total. The lowest BCUT2D eigenvalue weighted by Gasteiger charge is -2.45. The molecule has 0 radical (unpaired) electrons. The fourth-order valence-electron chi connectivity index (χ4n) is 11.2. The number of rotatable bonds is 28. The van der Waals surface area contributed by atoms with Crippen molar-refractivity contribution in [2.24, 2.45) is 0 Å². The summed E-state index contributed by atoms with van der Waals surface area (Å²) in [5.74, 6) is -0.996. The third-order valence-corrected chi connectivity index (χ3v) is 15.9. The zero-order valence-electron chi connectivity index (χ0n) is 54.6. The molecule has 4 fully saturated rings. The fraction of sp³-hybridized carbons (Fsp3) is 0.652. The lowest BCUT2D eigenvalue weighted by atomic mass is 9.94. The minimum Gasteiger partial charge on any atom is -0.493 e. The van der Waals surface area contributed by atoms with Crippen LogP contribution in [0.15, 0.2) is 60.7 Å². The van der Waals surface area contributed by atoms with Gasteiger partial charge in [0.2, 0.25) is 5.91 Å². The van der Waals surface area contributed by atoms with E-state index in [4.69, 9.17) is 43.1 Å². The van der Waals surface area contributed by atoms with Gasteiger partial charge in [-0.3, -0.25) is 14.4 Å². The molecule has 91 heavy (non-hydrogen) atoms. The predicted octanol–water partition coefficient (Wildman–Crippen LogP) is 11.2. The molecule has 7 rings (SSSR count). The molecule has 19 nitrogen and oxygen atoms in total. The van der Waals surface area contributed by atoms with Gasteiger partial charge in [-0.1, -0.05) is 18.2 Å². The Morgan fingerprint density at radius 1 is 0.659 bits per heavy atom. The highest BCUT2D eigenvalue weighted by molar-refractivity contribution is 5.96. The molecule has 0 bridgehead atoms. The van der Waals surface area contributed by atoms with Crippen molar-refractivity contribution in [3.63, 3.8) is 0 Å². The molecule has 0 unspecified atom stereocenters. The minimum absolute atomic E-state index is 0.0121. The first-order valence-corrected chi connectivity index (χ1v) is 31.5. The van der Waals surface area contributed by atoms with E-state index in [-0.39, 0.29) is 78.1 Å². The highest BCUT2D eigenvalue weighted by Gasteiger charge is 2.41. The predicted molar refractivity (Wildman–Crippen MR) is 331 cm³/mol. The summed E-state index contributed by atoms with van der Waals surface area (Å²) in [5, 5.41) is 14.3. The van der Waals surface area contributed by atoms with Gasteiger partial charge in [0.1, 0.15) is 5.60 Å². The number of halogens is 6. The van der Waals surface area contributed by atoms with Crippen LogP contribution in [0.3, 0.4) is 0 Å². The number of piperidine rings is 2. The van der Waals surface area contributed by atoms with Crippen LogP contribution in [-0.4, -0.2) is 196 Å². The summed E-state index contributed by atoms with van der Waals surface area (Å²) in [6.45, 7) is 18.2. The van der Waals surface area contributed by atoms with Crippen molar-refractivity contribution in [1.29, 1.82) is 0 Å². The number of carboxylic acid groups (broad SMARTS) is 1. The van der Waals surface area contributed by atoms with Gasteiger partial charge in [-0.15, -0.1) is 0 Å². The molecule has 4 amide bonds. The summed E-state index contributed by atoms with van der Waals surface area (Å²) in [7, 11) is 6.44. The number of amides is 4. The maximum Gasteiger partial charge on any atom is 0.490 e. The number of methoxy groups -OCH3 is 4. The van der Waals surface area contributed by atoms with Crippen LogP contribution in [0, 0.1) is 0 Å². The quantitative estimate of drug-likeness (QED) is 0.0456. The summed E-state index contributed by atoms with van der Waals surface area (Å²) >= 11 is 0. The number of hydrogen-bond donors (Lipinski definition) is 3. The van der Waals surface area contributed by atoms with Crippen molar-refractivity contribution in [2.45, 2.75) is 198 Å². The second-order valence-corrected chi connectivity index (χ2v) is 24.8. The zero-order valence-corrected chi connectivity index (χ0v) is 54.6. The Morgan fingerprint density at radius 3 is 1.63 bits per heavy atom. The van der Waals surface area contributed by atoms with Crippen molar-refractivity contribution in [3.8, 4) is 23.0 Å². The molecule has 2 heterocycles. The third kappa shape index (κ3) is 24.1. The Bertz CT molecular complexity index is 2780. The second-order valence-electron chi connectivity index (χ2n) is 24.8. The molecule has 25 heteroatoms. The number of carbonyl (C=O) groups excluding carboxylic acids is 4. The normalized spacial score (nSPS) is 18.4. The van der Waals surface area contributed by atoms with E-state index in [9.17, 15) is 45.5 Å². The van der Waals surface area contributed by atoms with E-state index in [2.05, 4.69) is 10.6 Å². The average Bonchev–Trinajstić information content (AvgIpc) is 1.89. The number of benzene rings is 3. The number of alkyl halides is 6. The fourth-order valence-corrected chi connectivity index (χ4v) is 11.2. The first-order chi connectivity index (χ1) is 43.0. The zero-order chi connectivity index (χ0) is 67.2. The standard InChI is InChI=1S/C34H46F3N3O5.C30H49N3O6.C2HF3O2/c1-23(2)40(33(42)25-10-15-30(44-4)31(20-25)45-19-7-18-43-3)28-12-11-26(38-22-28)16-17-39(27-13-14-27)32(41)21-24-8-5-6-9-29(24)34(35,36)37;1-21(2)33(28(34)22-9-14-26(37-7)27(19-22)38-18-8-17-36-6)25-13-12-24(15-16-31-23-10-11-23)32(20-25)29(35)39-30(3,4)5;3-2(4,5)1(6)7/h5-6,8-10,15,20,23,26-28,38H,7,11-14,16-19,21-22H2,1-4H3;9,14,19,21,23-25,31H,8,10-13,15-18,20H2,1-7H3;(H,6,7)/t26-,28-;24-,25-;/m11./s1. The Balaban J connectivity index is 0.000000301. The lowest BCUT2D eigenvalue weighted by molar-refractivity contribution is -0.192. The molecular formula is C66H96F6N6O13. The number of nitrogens with one attached hydrogen (secondary N) is 2. The molecule has 4 aliphatic rings. The molecule has 0 aromatic heterocycles. The van der Waals surface area contributed by atoms with E-state index in [1.165, 1.54) is 25.0 Å². The van der Waals surface area contributed by atoms with Gasteiger partial charge in [0, 0.05) is 113 Å². The van der Waals surface area contributed by atoms with Gasteiger partial charge in [-0.25, -0.2) is 9.59 Å². The van der Waals surface area contributed by atoms with Gasteiger partial charge in [-0.2, -0.15) is 26.3 Å². The maximum atomic E-state index is 13.9. The highest BCUT2D eigenvalue weighted by atomic mass is 19.4. The number of aliphatic carboxylic acids is 1. The van der Waals surface area contributed by atoms with Gasteiger partial charge in [-0.05, 0) is 167 Å². The minimum atomic E-state index is -5.08. The first-order valence-electron chi connectivity index (χ1n) is 31.5. The van der Waals surface area contributed by atoms with E-state index in [1.54, 1.807) is 75.8 Å². The number of carboxylic acids is 1. The third-order valence-electron chi connectivity index (χ3n) is 15.9. The van der Waals surface area contributed by atoms with Gasteiger partial charge >= 0.3 is 24.4 Å². The van der Waals surface area contributed by atoms with Crippen molar-refractivity contribution >= 4 is 29.8 Å². The largest absolute Gasteiger partial charge is 0.493 e. The summed E-state index contributed by atoms with van der Waals surface area (Å²) in [6.07, 6.45) is 0.369. The van der Waals surface area contributed by atoms with Crippen LogP contribution in [0.25, 0.3) is 0 Å². The van der Waals surface area contributed by atoms with E-state index < -0.39 is 29.5 Å². The van der Waals surface area contributed by atoms with Gasteiger partial charge in [0.05, 0.1) is 45.5 Å². The van der Waals surface area contributed by atoms with E-state index in [1.807, 2.05) is 63.2 Å². The molecule has 0 spiro atoms. The van der Waals surface area contributed by atoms with Crippen LogP contribution in [-0.2, 0) is 36.4 Å². The Labute approximate surface area is 532 Å². The average molecular weight is 1300 g/mol. The van der Waals surface area contributed by atoms with Gasteiger partial charge < -0.3 is 68.5 Å². The number of likely N-dealkylation sites (tertiary alicyclic amines) is 1. The van der Waals surface area contributed by atoms with Crippen LogP contribution in [0.1, 0.15) is 157 Å². The van der Waals surface area contributed by atoms with Gasteiger partial charge in [0.15, 0.2) is 23.0 Å². The van der Waals surface area contributed by atoms with E-state index in [0.717, 1.165) is 64.0 Å². The lowest BCUT2D eigenvalue weighted by Crippen LogP contribution is -2.57. The number of nitrogens with zero attached hydrogens (tertiary/aromatic N) is 4. The van der Waals surface area contributed by atoms with Crippen molar-refractivity contribution in [2.75, 3.05) is 81.0 Å². The number of hydrogen-bond acceptors (Lipinski definition) is 14.